The number of nitrogens with zero attached hydrogens (tertiary/aromatic N) is 2. The number of carbonyl (C=O) groups is 1. The van der Waals surface area contributed by atoms with Crippen molar-refractivity contribution in [3.05, 3.63) is 82.6 Å². The van der Waals surface area contributed by atoms with Crippen molar-refractivity contribution in [2.45, 2.75) is 25.7 Å². The normalized spacial score (nSPS) is 13.0. The predicted molar refractivity (Wildman–Crippen MR) is 109 cm³/mol. The summed E-state index contributed by atoms with van der Waals surface area (Å²) in [5.74, 6) is 0. The minimum absolute atomic E-state index is 0.111. The molecule has 0 saturated carbocycles. The first-order valence-electron chi connectivity index (χ1n) is 9.08. The van der Waals surface area contributed by atoms with Gasteiger partial charge in [-0.1, -0.05) is 60.1 Å². The van der Waals surface area contributed by atoms with Crippen molar-refractivity contribution in [2.24, 2.45) is 0 Å². The van der Waals surface area contributed by atoms with E-state index in [0.717, 1.165) is 11.3 Å². The molecule has 0 aliphatic heterocycles. The minimum Gasteiger partial charge on any atom is -0.445 e. The Hall–Kier alpha value is -2.87. The van der Waals surface area contributed by atoms with Crippen LogP contribution in [0.25, 0.3) is 5.69 Å². The third-order valence-corrected chi connectivity index (χ3v) is 4.74. The van der Waals surface area contributed by atoms with Gasteiger partial charge in [-0.3, -0.25) is 0 Å². The molecule has 3 rings (SSSR count). The van der Waals surface area contributed by atoms with E-state index in [1.54, 1.807) is 6.92 Å². The van der Waals surface area contributed by atoms with E-state index in [-0.39, 0.29) is 18.3 Å². The van der Waals surface area contributed by atoms with Gasteiger partial charge in [0.1, 0.15) is 24.0 Å². The van der Waals surface area contributed by atoms with Crippen LogP contribution in [0.2, 0.25) is 5.15 Å². The number of hydrogen-bond donors (Lipinski definition) is 3. The molecule has 3 N–H and O–H groups in total. The largest absolute Gasteiger partial charge is 0.445 e. The molecule has 0 fully saturated rings. The Labute approximate surface area is 173 Å². The number of aliphatic hydroxyl groups is 2. The summed E-state index contributed by atoms with van der Waals surface area (Å²) in [7, 11) is 0. The number of aliphatic hydroxyl groups excluding tert-OH is 2. The molecule has 3 aromatic rings. The van der Waals surface area contributed by atoms with Crippen LogP contribution in [0, 0.1) is 6.92 Å². The van der Waals surface area contributed by atoms with Crippen LogP contribution in [0.1, 0.15) is 22.9 Å². The molecule has 0 radical (unpaired) electrons. The number of benzene rings is 2. The Morgan fingerprint density at radius 2 is 1.76 bits per heavy atom. The van der Waals surface area contributed by atoms with Crippen molar-refractivity contribution in [2.75, 3.05) is 6.54 Å². The van der Waals surface area contributed by atoms with Crippen molar-refractivity contribution < 1.29 is 19.7 Å². The molecule has 2 aromatic carbocycles. The molecular formula is C21H22ClN3O4. The fourth-order valence-electron chi connectivity index (χ4n) is 2.85. The molecule has 0 spiro atoms. The van der Waals surface area contributed by atoms with Crippen LogP contribution in [-0.2, 0) is 11.3 Å². The van der Waals surface area contributed by atoms with Gasteiger partial charge in [-0.15, -0.1) is 0 Å². The summed E-state index contributed by atoms with van der Waals surface area (Å²) < 4.78 is 6.58. The third-order valence-electron chi connectivity index (χ3n) is 4.38. The number of aromatic nitrogens is 2. The number of carbonyl (C=O) groups excluding carboxylic acids is 1. The summed E-state index contributed by atoms with van der Waals surface area (Å²) in [6.45, 7) is 1.60. The lowest BCUT2D eigenvalue weighted by Gasteiger charge is -2.18. The van der Waals surface area contributed by atoms with Gasteiger partial charge in [0.15, 0.2) is 0 Å². The second kappa shape index (κ2) is 9.56. The monoisotopic (exact) mass is 415 g/mol. The molecule has 7 nitrogen and oxygen atoms in total. The van der Waals surface area contributed by atoms with Gasteiger partial charge in [0.05, 0.1) is 11.4 Å². The first kappa shape index (κ1) is 20.9. The molecule has 152 valence electrons. The maximum absolute atomic E-state index is 11.8. The van der Waals surface area contributed by atoms with Crippen LogP contribution < -0.4 is 5.32 Å². The highest BCUT2D eigenvalue weighted by Crippen LogP contribution is 2.30. The number of ether oxygens (including phenoxy) is 1. The summed E-state index contributed by atoms with van der Waals surface area (Å²) in [6, 6.07) is 18.4. The maximum Gasteiger partial charge on any atom is 0.407 e. The molecule has 1 heterocycles. The van der Waals surface area contributed by atoms with Crippen LogP contribution in [-0.4, -0.2) is 38.7 Å². The van der Waals surface area contributed by atoms with Crippen molar-refractivity contribution >= 4 is 17.7 Å². The standard InChI is InChI=1S/C21H22ClN3O4/c1-14-18(20(22)25(24-14)16-10-6-3-7-11-16)19(27)17(26)12-23-21(28)29-13-15-8-4-2-5-9-15/h2-11,17,19,26-27H,12-13H2,1H3,(H,23,28). The number of rotatable bonds is 7. The zero-order valence-corrected chi connectivity index (χ0v) is 16.6. The lowest BCUT2D eigenvalue weighted by molar-refractivity contribution is 0.0181. The number of alkyl carbamates (subject to hydrolysis) is 1. The molecule has 0 aliphatic rings. The number of para-hydroxylation sites is 1. The second-order valence-corrected chi connectivity index (χ2v) is 6.85. The van der Waals surface area contributed by atoms with Crippen molar-refractivity contribution in [1.29, 1.82) is 0 Å². The van der Waals surface area contributed by atoms with Gasteiger partial charge < -0.3 is 20.3 Å². The Morgan fingerprint density at radius 1 is 1.14 bits per heavy atom. The quantitative estimate of drug-likeness (QED) is 0.550. The van der Waals surface area contributed by atoms with Gasteiger partial charge in [-0.25, -0.2) is 9.48 Å². The summed E-state index contributed by atoms with van der Waals surface area (Å²) in [6.07, 6.45) is -3.30. The topological polar surface area (TPSA) is 96.6 Å². The minimum atomic E-state index is -1.32. The molecule has 1 aromatic heterocycles. The molecule has 8 heteroatoms. The molecule has 0 aliphatic carbocycles. The van der Waals surface area contributed by atoms with E-state index in [0.29, 0.717) is 11.3 Å². The first-order valence-corrected chi connectivity index (χ1v) is 9.46. The third kappa shape index (κ3) is 5.14. The van der Waals surface area contributed by atoms with Crippen LogP contribution in [0.4, 0.5) is 4.79 Å². The highest BCUT2D eigenvalue weighted by Gasteiger charge is 2.27. The SMILES string of the molecule is Cc1nn(-c2ccccc2)c(Cl)c1C(O)C(O)CNC(=O)OCc1ccccc1. The van der Waals surface area contributed by atoms with Gasteiger partial charge >= 0.3 is 6.09 Å². The predicted octanol–water partition coefficient (Wildman–Crippen LogP) is 3.15. The highest BCUT2D eigenvalue weighted by molar-refractivity contribution is 6.30. The maximum atomic E-state index is 11.8. The second-order valence-electron chi connectivity index (χ2n) is 6.49. The van der Waals surface area contributed by atoms with Crippen LogP contribution >= 0.6 is 11.6 Å². The summed E-state index contributed by atoms with van der Waals surface area (Å²) in [5.41, 5.74) is 2.37. The van der Waals surface area contributed by atoms with Crippen LogP contribution in [0.15, 0.2) is 60.7 Å². The summed E-state index contributed by atoms with van der Waals surface area (Å²) in [4.78, 5) is 11.8. The number of amides is 1. The lowest BCUT2D eigenvalue weighted by atomic mass is 10.1. The number of hydrogen-bond acceptors (Lipinski definition) is 5. The average Bonchev–Trinajstić information content (AvgIpc) is 3.05. The van der Waals surface area contributed by atoms with Crippen LogP contribution in [0.3, 0.4) is 0 Å². The van der Waals surface area contributed by atoms with Crippen molar-refractivity contribution in [1.82, 2.24) is 15.1 Å². The van der Waals surface area contributed by atoms with E-state index in [2.05, 4.69) is 10.4 Å². The number of halogens is 1. The van der Waals surface area contributed by atoms with Gasteiger partial charge in [-0.2, -0.15) is 5.10 Å². The number of aryl methyl sites for hydroxylation is 1. The smallest absolute Gasteiger partial charge is 0.407 e. The molecule has 29 heavy (non-hydrogen) atoms. The van der Waals surface area contributed by atoms with Gasteiger partial charge in [-0.05, 0) is 24.6 Å². The summed E-state index contributed by atoms with van der Waals surface area (Å²) >= 11 is 6.40. The van der Waals surface area contributed by atoms with E-state index < -0.39 is 18.3 Å². The molecule has 2 unspecified atom stereocenters. The molecule has 0 saturated heterocycles. The van der Waals surface area contributed by atoms with Gasteiger partial charge in [0.2, 0.25) is 0 Å². The van der Waals surface area contributed by atoms with Gasteiger partial charge in [0.25, 0.3) is 0 Å². The molecular weight excluding hydrogens is 394 g/mol. The Balaban J connectivity index is 1.59. The zero-order valence-electron chi connectivity index (χ0n) is 15.8. The van der Waals surface area contributed by atoms with Gasteiger partial charge in [0, 0.05) is 12.1 Å². The number of nitrogens with one attached hydrogen (secondary N) is 1. The molecule has 1 amide bonds. The average molecular weight is 416 g/mol. The highest BCUT2D eigenvalue weighted by atomic mass is 35.5. The zero-order chi connectivity index (χ0) is 20.8. The molecule has 0 bridgehead atoms. The Bertz CT molecular complexity index is 947. The summed E-state index contributed by atoms with van der Waals surface area (Å²) in [5, 5.41) is 27.9. The lowest BCUT2D eigenvalue weighted by Crippen LogP contribution is -2.36. The fraction of sp³-hybridized carbons (Fsp3) is 0.238. The fourth-order valence-corrected chi connectivity index (χ4v) is 3.24. The van der Waals surface area contributed by atoms with E-state index in [9.17, 15) is 15.0 Å². The Kier molecular flexibility index (Phi) is 6.87. The first-order chi connectivity index (χ1) is 14.0. The van der Waals surface area contributed by atoms with Crippen molar-refractivity contribution in [3.63, 3.8) is 0 Å². The van der Waals surface area contributed by atoms with E-state index >= 15 is 0 Å². The van der Waals surface area contributed by atoms with Crippen LogP contribution in [0.5, 0.6) is 0 Å². The van der Waals surface area contributed by atoms with E-state index in [4.69, 9.17) is 16.3 Å². The van der Waals surface area contributed by atoms with E-state index in [1.165, 1.54) is 4.68 Å². The Morgan fingerprint density at radius 3 is 2.41 bits per heavy atom. The molecule has 2 atom stereocenters. The van der Waals surface area contributed by atoms with E-state index in [1.807, 2.05) is 60.7 Å². The van der Waals surface area contributed by atoms with Crippen molar-refractivity contribution in [3.8, 4) is 5.69 Å².